The van der Waals surface area contributed by atoms with Gasteiger partial charge in [0.2, 0.25) is 5.91 Å². The molecule has 0 aliphatic heterocycles. The van der Waals surface area contributed by atoms with Crippen LogP contribution in [0.2, 0.25) is 0 Å². The van der Waals surface area contributed by atoms with Crippen LogP contribution < -0.4 is 10.6 Å². The van der Waals surface area contributed by atoms with Gasteiger partial charge in [-0.25, -0.2) is 4.79 Å². The topological polar surface area (TPSA) is 111 Å². The first-order chi connectivity index (χ1) is 16.1. The average molecular weight is 480 g/mol. The zero-order valence-corrected chi connectivity index (χ0v) is 18.2. The Morgan fingerprint density at radius 2 is 1.53 bits per heavy atom. The second-order valence-corrected chi connectivity index (χ2v) is 6.95. The van der Waals surface area contributed by atoms with Gasteiger partial charge in [-0.1, -0.05) is 12.1 Å². The lowest BCUT2D eigenvalue weighted by Gasteiger charge is -2.13. The number of anilines is 2. The number of esters is 2. The number of alkyl halides is 3. The quantitative estimate of drug-likeness (QED) is 0.494. The van der Waals surface area contributed by atoms with Gasteiger partial charge in [0.15, 0.2) is 6.61 Å². The molecule has 34 heavy (non-hydrogen) atoms. The van der Waals surface area contributed by atoms with E-state index < -0.39 is 41.9 Å². The minimum absolute atomic E-state index is 0.0140. The van der Waals surface area contributed by atoms with Crippen LogP contribution in [0.4, 0.5) is 24.5 Å². The number of ether oxygens (including phenoxy) is 2. The van der Waals surface area contributed by atoms with Crippen molar-refractivity contribution in [3.05, 3.63) is 59.7 Å². The van der Waals surface area contributed by atoms with E-state index in [1.54, 1.807) is 6.92 Å². The molecule has 2 rings (SSSR count). The predicted octanol–water partition coefficient (Wildman–Crippen LogP) is 4.17. The zero-order valence-electron chi connectivity index (χ0n) is 18.2. The molecule has 2 N–H and O–H groups in total. The highest BCUT2D eigenvalue weighted by Crippen LogP contribution is 2.34. The number of benzene rings is 2. The summed E-state index contributed by atoms with van der Waals surface area (Å²) in [7, 11) is 0. The van der Waals surface area contributed by atoms with E-state index in [4.69, 9.17) is 9.47 Å². The average Bonchev–Trinajstić information content (AvgIpc) is 2.78. The van der Waals surface area contributed by atoms with Gasteiger partial charge in [-0.05, 0) is 49.7 Å². The van der Waals surface area contributed by atoms with Crippen molar-refractivity contribution in [3.63, 3.8) is 0 Å². The fourth-order valence-corrected chi connectivity index (χ4v) is 2.76. The lowest BCUT2D eigenvalue weighted by molar-refractivity contribution is -0.147. The molecule has 2 amide bonds. The van der Waals surface area contributed by atoms with Crippen LogP contribution in [0, 0.1) is 0 Å². The minimum Gasteiger partial charge on any atom is -0.462 e. The van der Waals surface area contributed by atoms with E-state index >= 15 is 0 Å². The number of rotatable bonds is 10. The van der Waals surface area contributed by atoms with Crippen LogP contribution in [0.5, 0.6) is 0 Å². The van der Waals surface area contributed by atoms with Crippen molar-refractivity contribution < 1.29 is 41.8 Å². The molecule has 182 valence electrons. The van der Waals surface area contributed by atoms with Gasteiger partial charge in [-0.15, -0.1) is 0 Å². The minimum atomic E-state index is -4.65. The van der Waals surface area contributed by atoms with Crippen LogP contribution in [0.3, 0.4) is 0 Å². The van der Waals surface area contributed by atoms with Gasteiger partial charge < -0.3 is 20.1 Å². The molecule has 0 aromatic heterocycles. The highest BCUT2D eigenvalue weighted by atomic mass is 19.4. The van der Waals surface area contributed by atoms with Crippen molar-refractivity contribution in [3.8, 4) is 0 Å². The third kappa shape index (κ3) is 8.57. The van der Waals surface area contributed by atoms with Gasteiger partial charge in [-0.3, -0.25) is 14.4 Å². The highest BCUT2D eigenvalue weighted by Gasteiger charge is 2.33. The Hall–Kier alpha value is -3.89. The van der Waals surface area contributed by atoms with Crippen LogP contribution in [-0.4, -0.2) is 37.0 Å². The second-order valence-electron chi connectivity index (χ2n) is 6.95. The summed E-state index contributed by atoms with van der Waals surface area (Å²) in [4.78, 5) is 47.2. The van der Waals surface area contributed by atoms with Gasteiger partial charge >= 0.3 is 18.1 Å². The van der Waals surface area contributed by atoms with E-state index in [0.29, 0.717) is 11.3 Å². The number of nitrogens with one attached hydrogen (secondary N) is 2. The molecule has 0 spiro atoms. The van der Waals surface area contributed by atoms with Crippen LogP contribution in [0.15, 0.2) is 48.5 Å². The Labute approximate surface area is 193 Å². The lowest BCUT2D eigenvalue weighted by atomic mass is 10.1. The predicted molar refractivity (Wildman–Crippen MR) is 116 cm³/mol. The van der Waals surface area contributed by atoms with Gasteiger partial charge in [0.05, 0.1) is 23.4 Å². The summed E-state index contributed by atoms with van der Waals surface area (Å²) in [5, 5.41) is 4.67. The fourth-order valence-electron chi connectivity index (χ4n) is 2.76. The number of hydrogen-bond donors (Lipinski definition) is 2. The van der Waals surface area contributed by atoms with Gasteiger partial charge in [0, 0.05) is 18.5 Å². The van der Waals surface area contributed by atoms with Crippen LogP contribution in [-0.2, 0) is 30.0 Å². The smallest absolute Gasteiger partial charge is 0.418 e. The first-order valence-electron chi connectivity index (χ1n) is 10.3. The molecule has 2 aromatic carbocycles. The molecule has 0 fully saturated rings. The number of hydrogen-bond acceptors (Lipinski definition) is 6. The number of carbonyl (C=O) groups is 4. The molecule has 8 nitrogen and oxygen atoms in total. The molecular weight excluding hydrogens is 457 g/mol. The fraction of sp³-hybridized carbons (Fsp3) is 0.304. The molecule has 0 saturated heterocycles. The Morgan fingerprint density at radius 1 is 0.853 bits per heavy atom. The molecule has 0 radical (unpaired) electrons. The molecule has 11 heteroatoms. The van der Waals surface area contributed by atoms with Crippen molar-refractivity contribution >= 4 is 35.1 Å². The molecule has 0 heterocycles. The van der Waals surface area contributed by atoms with Crippen molar-refractivity contribution in [2.45, 2.75) is 32.4 Å². The third-order valence-electron chi connectivity index (χ3n) is 4.34. The van der Waals surface area contributed by atoms with Crippen LogP contribution >= 0.6 is 0 Å². The monoisotopic (exact) mass is 480 g/mol. The van der Waals surface area contributed by atoms with E-state index in [9.17, 15) is 32.3 Å². The lowest BCUT2D eigenvalue weighted by Crippen LogP contribution is -2.22. The SMILES string of the molecule is CCOC(=O)c1ccc(NC(=O)CCCC(=O)OCC(=O)Nc2ccccc2C(F)(F)F)cc1. The van der Waals surface area contributed by atoms with Crippen molar-refractivity contribution in [2.75, 3.05) is 23.8 Å². The standard InChI is InChI=1S/C23H23F3N2O6/c1-2-33-22(32)15-10-12-16(13-11-15)27-19(29)8-5-9-21(31)34-14-20(30)28-18-7-4-3-6-17(18)23(24,25)26/h3-4,6-7,10-13H,2,5,8-9,14H2,1H3,(H,27,29)(H,28,30). The highest BCUT2D eigenvalue weighted by molar-refractivity contribution is 5.94. The van der Waals surface area contributed by atoms with E-state index in [2.05, 4.69) is 10.6 Å². The first kappa shape index (κ1) is 26.4. The second kappa shape index (κ2) is 12.4. The van der Waals surface area contributed by atoms with Crippen molar-refractivity contribution in [2.24, 2.45) is 0 Å². The van der Waals surface area contributed by atoms with E-state index in [1.165, 1.54) is 36.4 Å². The van der Waals surface area contributed by atoms with Crippen molar-refractivity contribution in [1.29, 1.82) is 0 Å². The van der Waals surface area contributed by atoms with Crippen LogP contribution in [0.1, 0.15) is 42.1 Å². The third-order valence-corrected chi connectivity index (χ3v) is 4.34. The molecule has 0 unspecified atom stereocenters. The summed E-state index contributed by atoms with van der Waals surface area (Å²) in [6, 6.07) is 10.5. The zero-order chi connectivity index (χ0) is 25.1. The van der Waals surface area contributed by atoms with Gasteiger partial charge in [0.25, 0.3) is 5.91 Å². The molecule has 0 aliphatic rings. The summed E-state index contributed by atoms with van der Waals surface area (Å²) in [6.07, 6.45) is -4.70. The summed E-state index contributed by atoms with van der Waals surface area (Å²) < 4.78 is 48.5. The maximum absolute atomic E-state index is 12.9. The summed E-state index contributed by atoms with van der Waals surface area (Å²) >= 11 is 0. The Morgan fingerprint density at radius 3 is 2.18 bits per heavy atom. The Kier molecular flexibility index (Phi) is 9.60. The molecular formula is C23H23F3N2O6. The summed E-state index contributed by atoms with van der Waals surface area (Å²) in [5.74, 6) is -2.55. The van der Waals surface area contributed by atoms with Gasteiger partial charge in [-0.2, -0.15) is 13.2 Å². The van der Waals surface area contributed by atoms with Gasteiger partial charge in [0.1, 0.15) is 0 Å². The number of halogens is 3. The van der Waals surface area contributed by atoms with E-state index in [-0.39, 0.29) is 31.8 Å². The first-order valence-corrected chi connectivity index (χ1v) is 10.3. The maximum Gasteiger partial charge on any atom is 0.418 e. The number of para-hydroxylation sites is 1. The molecule has 2 aromatic rings. The molecule has 0 aliphatic carbocycles. The normalized spacial score (nSPS) is 10.8. The molecule has 0 saturated carbocycles. The molecule has 0 atom stereocenters. The molecule has 0 bridgehead atoms. The maximum atomic E-state index is 12.9. The van der Waals surface area contributed by atoms with Crippen molar-refractivity contribution in [1.82, 2.24) is 0 Å². The number of carbonyl (C=O) groups excluding carboxylic acids is 4. The Bertz CT molecular complexity index is 1020. The number of amides is 2. The van der Waals surface area contributed by atoms with Crippen LogP contribution in [0.25, 0.3) is 0 Å². The Balaban J connectivity index is 1.70. The van der Waals surface area contributed by atoms with E-state index in [0.717, 1.165) is 12.1 Å². The summed E-state index contributed by atoms with van der Waals surface area (Å²) in [5.41, 5.74) is -0.663. The largest absolute Gasteiger partial charge is 0.462 e. The summed E-state index contributed by atoms with van der Waals surface area (Å²) in [6.45, 7) is 1.18. The van der Waals surface area contributed by atoms with E-state index in [1.807, 2.05) is 0 Å².